The van der Waals surface area contributed by atoms with Crippen molar-refractivity contribution in [2.75, 3.05) is 78.9 Å². The van der Waals surface area contributed by atoms with Gasteiger partial charge in [-0.15, -0.1) is 0 Å². The summed E-state index contributed by atoms with van der Waals surface area (Å²) in [4.78, 5) is 0. The van der Waals surface area contributed by atoms with Gasteiger partial charge in [0.25, 0.3) is 0 Å². The zero-order valence-electron chi connectivity index (χ0n) is 28.1. The van der Waals surface area contributed by atoms with Crippen molar-refractivity contribution >= 4 is 18.9 Å². The van der Waals surface area contributed by atoms with E-state index in [1.54, 1.807) is 0 Å². The summed E-state index contributed by atoms with van der Waals surface area (Å²) in [6.45, 7) is 8.11. The number of rotatable bonds is 25. The Balaban J connectivity index is 1.52. The van der Waals surface area contributed by atoms with Gasteiger partial charge >= 0.3 is 8.80 Å². The first kappa shape index (κ1) is 39.1. The van der Waals surface area contributed by atoms with Crippen molar-refractivity contribution < 1.29 is 40.3 Å². The van der Waals surface area contributed by atoms with Gasteiger partial charge in [0.1, 0.15) is 32.3 Å². The summed E-state index contributed by atoms with van der Waals surface area (Å²) in [5.74, 6) is -0.762. The minimum absolute atomic E-state index is 0.192. The van der Waals surface area contributed by atoms with Gasteiger partial charge in [-0.3, -0.25) is 0 Å². The monoisotopic (exact) mass is 651 g/mol. The molecule has 3 fully saturated rings. The molecule has 2 bridgehead atoms. The molecule has 0 aromatic rings. The molecule has 9 nitrogen and oxygen atoms in total. The van der Waals surface area contributed by atoms with Gasteiger partial charge in [-0.25, -0.2) is 8.42 Å². The Morgan fingerprint density at radius 2 is 1.12 bits per heavy atom. The highest BCUT2D eigenvalue weighted by Gasteiger charge is 2.48. The van der Waals surface area contributed by atoms with Crippen molar-refractivity contribution in [3.63, 3.8) is 0 Å². The molecule has 1 unspecified atom stereocenters. The average Bonchev–Trinajstić information content (AvgIpc) is 2.89. The zero-order chi connectivity index (χ0) is 31.5. The minimum Gasteiger partial charge on any atom is -0.748 e. The fourth-order valence-corrected chi connectivity index (χ4v) is 9.85. The SMILES string of the molecule is CCCCCCCCCCCCCCCCCC[N+](C)(C)CCC[Si]12OCC[N+](CC(O)CS(=O)(=O)[O-])(CCO1)CCO2. The second kappa shape index (κ2) is 20.9. The molecule has 256 valence electrons. The van der Waals surface area contributed by atoms with E-state index in [-0.39, 0.29) is 6.54 Å². The highest BCUT2D eigenvalue weighted by molar-refractivity contribution is 7.85. The van der Waals surface area contributed by atoms with Gasteiger partial charge in [-0.1, -0.05) is 96.8 Å². The van der Waals surface area contributed by atoms with Crippen LogP contribution in [0.4, 0.5) is 0 Å². The Morgan fingerprint density at radius 1 is 0.721 bits per heavy atom. The van der Waals surface area contributed by atoms with Crippen molar-refractivity contribution in [2.24, 2.45) is 0 Å². The van der Waals surface area contributed by atoms with Crippen LogP contribution in [-0.2, 0) is 23.4 Å². The fourth-order valence-electron chi connectivity index (χ4n) is 6.79. The molecule has 43 heavy (non-hydrogen) atoms. The molecule has 1 N–H and O–H groups in total. The first-order valence-electron chi connectivity index (χ1n) is 17.7. The van der Waals surface area contributed by atoms with Crippen LogP contribution in [0.3, 0.4) is 0 Å². The predicted octanol–water partition coefficient (Wildman–Crippen LogP) is 5.45. The third kappa shape index (κ3) is 18.0. The maximum Gasteiger partial charge on any atom is 0.501 e. The van der Waals surface area contributed by atoms with E-state index in [4.69, 9.17) is 13.3 Å². The van der Waals surface area contributed by atoms with Crippen molar-refractivity contribution in [3.8, 4) is 0 Å². The van der Waals surface area contributed by atoms with E-state index in [1.807, 2.05) is 0 Å². The highest BCUT2D eigenvalue weighted by Crippen LogP contribution is 2.26. The molecular formula is C32H67N2O7SSi+. The molecule has 0 radical (unpaired) electrons. The molecule has 0 saturated carbocycles. The maximum atomic E-state index is 11.1. The van der Waals surface area contributed by atoms with E-state index in [1.165, 1.54) is 109 Å². The van der Waals surface area contributed by atoms with E-state index in [0.717, 1.165) is 23.5 Å². The van der Waals surface area contributed by atoms with E-state index in [0.29, 0.717) is 43.9 Å². The van der Waals surface area contributed by atoms with E-state index < -0.39 is 30.8 Å². The van der Waals surface area contributed by atoms with Gasteiger partial charge in [0.15, 0.2) is 0 Å². The van der Waals surface area contributed by atoms with Gasteiger partial charge in [0.05, 0.1) is 62.9 Å². The Kier molecular flexibility index (Phi) is 19.0. The van der Waals surface area contributed by atoms with E-state index >= 15 is 0 Å². The Morgan fingerprint density at radius 3 is 1.53 bits per heavy atom. The summed E-state index contributed by atoms with van der Waals surface area (Å²) in [6.07, 6.45) is 22.1. The molecule has 1 atom stereocenters. The quantitative estimate of drug-likeness (QED) is 0.0606. The normalized spacial score (nSPS) is 24.0. The third-order valence-electron chi connectivity index (χ3n) is 9.52. The number of aliphatic hydroxyl groups excluding tert-OH is 1. The molecular weight excluding hydrogens is 585 g/mol. The summed E-state index contributed by atoms with van der Waals surface area (Å²) < 4.78 is 53.5. The highest BCUT2D eigenvalue weighted by atomic mass is 32.2. The van der Waals surface area contributed by atoms with Crippen LogP contribution in [0.25, 0.3) is 0 Å². The van der Waals surface area contributed by atoms with Crippen LogP contribution in [0.5, 0.6) is 0 Å². The number of quaternary nitrogens is 2. The molecule has 3 heterocycles. The number of nitrogens with zero attached hydrogens (tertiary/aromatic N) is 2. The van der Waals surface area contributed by atoms with Crippen molar-refractivity contribution in [3.05, 3.63) is 0 Å². The minimum atomic E-state index is -4.47. The van der Waals surface area contributed by atoms with Crippen LogP contribution in [0.15, 0.2) is 0 Å². The van der Waals surface area contributed by atoms with Gasteiger partial charge in [-0.2, -0.15) is 0 Å². The molecule has 3 rings (SSSR count). The van der Waals surface area contributed by atoms with Gasteiger partial charge in [0, 0.05) is 12.5 Å². The van der Waals surface area contributed by atoms with Crippen LogP contribution in [0, 0.1) is 0 Å². The lowest BCUT2D eigenvalue weighted by Crippen LogP contribution is -2.64. The standard InChI is InChI=1S/C32H67N2O7SSi/c1-4-5-6-7-8-9-10-11-12-13-14-15-16-17-18-19-21-33(2,3)22-20-29-43-39-26-23-34(24-27-40-43,25-28-41-43)30-32(35)31-42(36,37)38/h32,35H,4-31H2,1-3H3/q+1. The summed E-state index contributed by atoms with van der Waals surface area (Å²) in [5, 5.41) is 10.2. The van der Waals surface area contributed by atoms with Gasteiger partial charge in [-0.05, 0) is 12.8 Å². The van der Waals surface area contributed by atoms with Crippen LogP contribution in [0.2, 0.25) is 6.04 Å². The summed E-state index contributed by atoms with van der Waals surface area (Å²) in [5.41, 5.74) is 0. The van der Waals surface area contributed by atoms with Crippen LogP contribution < -0.4 is 0 Å². The molecule has 0 aromatic carbocycles. The molecule has 0 amide bonds. The molecule has 0 aromatic heterocycles. The van der Waals surface area contributed by atoms with E-state index in [9.17, 15) is 18.1 Å². The molecule has 0 aliphatic carbocycles. The number of aliphatic hydroxyl groups is 1. The third-order valence-corrected chi connectivity index (χ3v) is 13.2. The second-order valence-corrected chi connectivity index (χ2v) is 18.3. The topological polar surface area (TPSA) is 105 Å². The Hall–Kier alpha value is -0.113. The van der Waals surface area contributed by atoms with Crippen molar-refractivity contribution in [1.29, 1.82) is 0 Å². The first-order valence-corrected chi connectivity index (χ1v) is 21.2. The number of hydrogen-bond donors (Lipinski definition) is 1. The van der Waals surface area contributed by atoms with Gasteiger partial charge in [0.2, 0.25) is 0 Å². The molecule has 11 heteroatoms. The fraction of sp³-hybridized carbons (Fsp3) is 1.00. The molecule has 0 spiro atoms. The van der Waals surface area contributed by atoms with Crippen LogP contribution in [0.1, 0.15) is 116 Å². The summed E-state index contributed by atoms with van der Waals surface area (Å²) >= 11 is 0. The van der Waals surface area contributed by atoms with Crippen LogP contribution >= 0.6 is 0 Å². The largest absolute Gasteiger partial charge is 0.748 e. The lowest BCUT2D eigenvalue weighted by atomic mass is 10.0. The predicted molar refractivity (Wildman–Crippen MR) is 175 cm³/mol. The molecule has 3 saturated heterocycles. The van der Waals surface area contributed by atoms with Gasteiger partial charge < -0.3 is 31.9 Å². The van der Waals surface area contributed by atoms with Crippen LogP contribution in [-0.4, -0.2) is 121 Å². The average molecular weight is 652 g/mol. The Bertz CT molecular complexity index is 801. The summed E-state index contributed by atoms with van der Waals surface area (Å²) in [6, 6.07) is 0.810. The Labute approximate surface area is 265 Å². The molecule has 3 aliphatic rings. The number of hydrogen-bond acceptors (Lipinski definition) is 7. The maximum absolute atomic E-state index is 11.1. The van der Waals surface area contributed by atoms with E-state index in [2.05, 4.69) is 21.0 Å². The first-order chi connectivity index (χ1) is 20.5. The van der Waals surface area contributed by atoms with Crippen molar-refractivity contribution in [1.82, 2.24) is 0 Å². The summed E-state index contributed by atoms with van der Waals surface area (Å²) in [7, 11) is -2.57. The number of unbranched alkanes of at least 4 members (excludes halogenated alkanes) is 15. The van der Waals surface area contributed by atoms with Crippen molar-refractivity contribution in [2.45, 2.75) is 128 Å². The lowest BCUT2D eigenvalue weighted by Gasteiger charge is -2.46. The lowest BCUT2D eigenvalue weighted by molar-refractivity contribution is -0.932. The zero-order valence-corrected chi connectivity index (χ0v) is 29.9. The molecule has 3 aliphatic heterocycles. The smallest absolute Gasteiger partial charge is 0.501 e. The number of fused-ring (bicyclic) bond motifs is 6. The second-order valence-electron chi connectivity index (χ2n) is 14.1.